The molecule has 2 N–H and O–H groups in total. The lowest BCUT2D eigenvalue weighted by molar-refractivity contribution is 0.282. The fourth-order valence-electron chi connectivity index (χ4n) is 1.42. The third kappa shape index (κ3) is 4.72. The predicted octanol–water partition coefficient (Wildman–Crippen LogP) is -0.164. The van der Waals surface area contributed by atoms with Gasteiger partial charge in [-0.15, -0.1) is 0 Å². The molecule has 1 aromatic carbocycles. The monoisotopic (exact) mass is 241 g/mol. The van der Waals surface area contributed by atoms with Crippen LogP contribution in [-0.4, -0.2) is 49.3 Å². The Morgan fingerprint density at radius 3 is 2.65 bits per heavy atom. The Hall–Kier alpha value is -1.11. The first-order chi connectivity index (χ1) is 8.00. The number of rotatable bonds is 6. The third-order valence-corrected chi connectivity index (χ3v) is 2.26. The van der Waals surface area contributed by atoms with Gasteiger partial charge >= 0.3 is 7.12 Å². The summed E-state index contributed by atoms with van der Waals surface area (Å²) in [6, 6.07) is 3.69. The predicted molar refractivity (Wildman–Crippen MR) is 64.9 cm³/mol. The molecular weight excluding hydrogens is 224 g/mol. The Morgan fingerprint density at radius 2 is 2.06 bits per heavy atom. The van der Waals surface area contributed by atoms with Gasteiger partial charge in [-0.2, -0.15) is 0 Å². The van der Waals surface area contributed by atoms with Gasteiger partial charge in [0.1, 0.15) is 11.6 Å². The fourth-order valence-corrected chi connectivity index (χ4v) is 1.42. The summed E-state index contributed by atoms with van der Waals surface area (Å²) >= 11 is 0. The van der Waals surface area contributed by atoms with Crippen LogP contribution >= 0.6 is 0 Å². The minimum atomic E-state index is -1.73. The second-order valence-corrected chi connectivity index (χ2v) is 4.06. The minimum Gasteiger partial charge on any atom is -0.494 e. The van der Waals surface area contributed by atoms with Crippen LogP contribution in [0.2, 0.25) is 0 Å². The van der Waals surface area contributed by atoms with Gasteiger partial charge in [-0.05, 0) is 38.7 Å². The quantitative estimate of drug-likeness (QED) is 0.536. The summed E-state index contributed by atoms with van der Waals surface area (Å²) in [4.78, 5) is 2.02. The van der Waals surface area contributed by atoms with Crippen molar-refractivity contribution in [3.63, 3.8) is 0 Å². The minimum absolute atomic E-state index is 0.0508. The van der Waals surface area contributed by atoms with Crippen LogP contribution in [0, 0.1) is 5.82 Å². The summed E-state index contributed by atoms with van der Waals surface area (Å²) in [6.07, 6.45) is 0.811. The maximum atomic E-state index is 12.9. The van der Waals surface area contributed by atoms with E-state index in [9.17, 15) is 4.39 Å². The molecule has 0 amide bonds. The van der Waals surface area contributed by atoms with Crippen molar-refractivity contribution in [3.8, 4) is 5.75 Å². The second kappa shape index (κ2) is 6.59. The normalized spacial score (nSPS) is 10.7. The van der Waals surface area contributed by atoms with Crippen LogP contribution < -0.4 is 10.2 Å². The zero-order valence-corrected chi connectivity index (χ0v) is 10.1. The molecule has 6 heteroatoms. The van der Waals surface area contributed by atoms with Crippen LogP contribution in [0.5, 0.6) is 5.75 Å². The highest BCUT2D eigenvalue weighted by molar-refractivity contribution is 6.59. The van der Waals surface area contributed by atoms with E-state index in [0.29, 0.717) is 12.4 Å². The molecule has 0 bridgehead atoms. The van der Waals surface area contributed by atoms with Crippen LogP contribution in [0.25, 0.3) is 0 Å². The van der Waals surface area contributed by atoms with Crippen LogP contribution in [0.3, 0.4) is 0 Å². The molecule has 0 saturated heterocycles. The molecule has 0 heterocycles. The number of ether oxygens (including phenoxy) is 1. The number of nitrogens with zero attached hydrogens (tertiary/aromatic N) is 1. The molecule has 0 aliphatic carbocycles. The van der Waals surface area contributed by atoms with E-state index in [1.165, 1.54) is 12.1 Å². The van der Waals surface area contributed by atoms with Crippen LogP contribution in [0.4, 0.5) is 4.39 Å². The molecule has 0 spiro atoms. The maximum absolute atomic E-state index is 12.9. The van der Waals surface area contributed by atoms with E-state index in [-0.39, 0.29) is 5.46 Å². The van der Waals surface area contributed by atoms with Crippen LogP contribution in [0.15, 0.2) is 18.2 Å². The van der Waals surface area contributed by atoms with E-state index < -0.39 is 12.9 Å². The number of hydrogen-bond donors (Lipinski definition) is 2. The smallest absolute Gasteiger partial charge is 0.492 e. The highest BCUT2D eigenvalue weighted by Crippen LogP contribution is 2.10. The van der Waals surface area contributed by atoms with Gasteiger partial charge in [0.25, 0.3) is 0 Å². The summed E-state index contributed by atoms with van der Waals surface area (Å²) in [5.41, 5.74) is 0.0508. The molecule has 1 aromatic rings. The van der Waals surface area contributed by atoms with Gasteiger partial charge in [0.2, 0.25) is 0 Å². The topological polar surface area (TPSA) is 52.9 Å². The number of benzene rings is 1. The number of hydrogen-bond acceptors (Lipinski definition) is 4. The van der Waals surface area contributed by atoms with Crippen molar-refractivity contribution >= 4 is 12.6 Å². The summed E-state index contributed by atoms with van der Waals surface area (Å²) in [6.45, 7) is 1.32. The van der Waals surface area contributed by atoms with E-state index in [0.717, 1.165) is 19.0 Å². The maximum Gasteiger partial charge on any atom is 0.492 e. The Morgan fingerprint density at radius 1 is 1.35 bits per heavy atom. The lowest BCUT2D eigenvalue weighted by Gasteiger charge is -2.13. The zero-order valence-electron chi connectivity index (χ0n) is 10.1. The Bertz CT molecular complexity index is 361. The highest BCUT2D eigenvalue weighted by atomic mass is 19.1. The second-order valence-electron chi connectivity index (χ2n) is 4.06. The first kappa shape index (κ1) is 14.0. The van der Waals surface area contributed by atoms with E-state index >= 15 is 0 Å². The van der Waals surface area contributed by atoms with Gasteiger partial charge in [0.05, 0.1) is 6.61 Å². The van der Waals surface area contributed by atoms with Crippen LogP contribution in [0.1, 0.15) is 6.42 Å². The molecule has 4 nitrogen and oxygen atoms in total. The largest absolute Gasteiger partial charge is 0.494 e. The lowest BCUT2D eigenvalue weighted by Crippen LogP contribution is -2.32. The molecule has 17 heavy (non-hydrogen) atoms. The molecule has 0 aliphatic heterocycles. The van der Waals surface area contributed by atoms with Gasteiger partial charge < -0.3 is 19.7 Å². The summed E-state index contributed by atoms with van der Waals surface area (Å²) < 4.78 is 18.3. The fraction of sp³-hybridized carbons (Fsp3) is 0.455. The van der Waals surface area contributed by atoms with Gasteiger partial charge in [0, 0.05) is 12.0 Å². The molecule has 0 saturated carbocycles. The van der Waals surface area contributed by atoms with Gasteiger partial charge in [-0.1, -0.05) is 0 Å². The third-order valence-electron chi connectivity index (χ3n) is 2.26. The van der Waals surface area contributed by atoms with Gasteiger partial charge in [-0.3, -0.25) is 0 Å². The van der Waals surface area contributed by atoms with Crippen molar-refractivity contribution in [1.82, 2.24) is 4.90 Å². The Balaban J connectivity index is 2.58. The molecule has 94 valence electrons. The SMILES string of the molecule is CN(C)CCCOc1ccc(F)cc1B(O)O. The van der Waals surface area contributed by atoms with Crippen LogP contribution in [-0.2, 0) is 0 Å². The standard InChI is InChI=1S/C11H17BFNO3/c1-14(2)6-3-7-17-11-5-4-9(13)8-10(11)12(15)16/h4-5,8,15-16H,3,6-7H2,1-2H3. The van der Waals surface area contributed by atoms with Crippen molar-refractivity contribution in [3.05, 3.63) is 24.0 Å². The van der Waals surface area contributed by atoms with Crippen molar-refractivity contribution in [2.75, 3.05) is 27.2 Å². The molecule has 0 radical (unpaired) electrons. The first-order valence-electron chi connectivity index (χ1n) is 5.44. The molecule has 0 aliphatic rings. The van der Waals surface area contributed by atoms with Gasteiger partial charge in [0.15, 0.2) is 0 Å². The molecule has 1 rings (SSSR count). The molecule has 0 unspecified atom stereocenters. The molecule has 0 aromatic heterocycles. The van der Waals surface area contributed by atoms with Crippen molar-refractivity contribution in [2.45, 2.75) is 6.42 Å². The van der Waals surface area contributed by atoms with Crippen molar-refractivity contribution in [2.24, 2.45) is 0 Å². The molecule has 0 atom stereocenters. The first-order valence-corrected chi connectivity index (χ1v) is 5.44. The van der Waals surface area contributed by atoms with E-state index in [1.54, 1.807) is 0 Å². The summed E-state index contributed by atoms with van der Waals surface area (Å²) in [7, 11) is 2.19. The van der Waals surface area contributed by atoms with E-state index in [2.05, 4.69) is 0 Å². The summed E-state index contributed by atoms with van der Waals surface area (Å²) in [5, 5.41) is 18.1. The summed E-state index contributed by atoms with van der Waals surface area (Å²) in [5.74, 6) is -0.214. The van der Waals surface area contributed by atoms with Crippen molar-refractivity contribution in [1.29, 1.82) is 0 Å². The average Bonchev–Trinajstić information content (AvgIpc) is 2.25. The Kier molecular flexibility index (Phi) is 5.41. The van der Waals surface area contributed by atoms with E-state index in [1.807, 2.05) is 19.0 Å². The average molecular weight is 241 g/mol. The Labute approximate surface area is 101 Å². The highest BCUT2D eigenvalue weighted by Gasteiger charge is 2.17. The lowest BCUT2D eigenvalue weighted by atomic mass is 9.79. The van der Waals surface area contributed by atoms with E-state index in [4.69, 9.17) is 14.8 Å². The number of halogens is 1. The van der Waals surface area contributed by atoms with Crippen molar-refractivity contribution < 1.29 is 19.2 Å². The molecular formula is C11H17BFNO3. The zero-order chi connectivity index (χ0) is 12.8. The van der Waals surface area contributed by atoms with Gasteiger partial charge in [-0.25, -0.2) is 4.39 Å². The molecule has 0 fully saturated rings.